The number of aromatic nitrogens is 1. The molecule has 138 valence electrons. The van der Waals surface area contributed by atoms with Gasteiger partial charge in [-0.05, 0) is 49.7 Å². The lowest BCUT2D eigenvalue weighted by Gasteiger charge is -2.17. The van der Waals surface area contributed by atoms with Crippen molar-refractivity contribution in [3.8, 4) is 0 Å². The van der Waals surface area contributed by atoms with Crippen LogP contribution in [0.25, 0.3) is 0 Å². The van der Waals surface area contributed by atoms with E-state index < -0.39 is 0 Å². The Bertz CT molecular complexity index is 597. The molecule has 5 nitrogen and oxygen atoms in total. The summed E-state index contributed by atoms with van der Waals surface area (Å²) in [6.07, 6.45) is 10.3. The van der Waals surface area contributed by atoms with Crippen LogP contribution in [0.3, 0.4) is 0 Å². The molecule has 5 heteroatoms. The summed E-state index contributed by atoms with van der Waals surface area (Å²) in [5, 5.41) is 5.90. The van der Waals surface area contributed by atoms with E-state index in [4.69, 9.17) is 0 Å². The zero-order valence-corrected chi connectivity index (χ0v) is 15.7. The number of nitrogens with zero attached hydrogens (tertiary/aromatic N) is 1. The maximum atomic E-state index is 12.4. The van der Waals surface area contributed by atoms with E-state index in [0.29, 0.717) is 24.4 Å². The standard InChI is InChI=1S/C20H31N3O2/c1-4-15(5-2)9-10-19(24)23-14(3)11-22-20(25)18-13-21-12-16-7-6-8-17(16)18/h12-15H,4-11H2,1-3H3,(H,22,25)(H,23,24)/t14-/m0/s1. The summed E-state index contributed by atoms with van der Waals surface area (Å²) >= 11 is 0. The summed E-state index contributed by atoms with van der Waals surface area (Å²) in [6, 6.07) is -0.0807. The van der Waals surface area contributed by atoms with E-state index in [1.54, 1.807) is 6.20 Å². The number of rotatable bonds is 9. The fourth-order valence-corrected chi connectivity index (χ4v) is 3.46. The molecule has 0 radical (unpaired) electrons. The van der Waals surface area contributed by atoms with Crippen LogP contribution in [0.2, 0.25) is 0 Å². The molecule has 0 fully saturated rings. The molecule has 0 saturated carbocycles. The van der Waals surface area contributed by atoms with Crippen LogP contribution in [0.15, 0.2) is 12.4 Å². The Hall–Kier alpha value is -1.91. The first-order valence-corrected chi connectivity index (χ1v) is 9.58. The van der Waals surface area contributed by atoms with Crippen molar-refractivity contribution in [1.29, 1.82) is 0 Å². The molecule has 0 spiro atoms. The van der Waals surface area contributed by atoms with Gasteiger partial charge in [-0.25, -0.2) is 0 Å². The Balaban J connectivity index is 1.76. The number of carbonyl (C=O) groups is 2. The van der Waals surface area contributed by atoms with E-state index in [-0.39, 0.29) is 17.9 Å². The van der Waals surface area contributed by atoms with E-state index in [9.17, 15) is 9.59 Å². The minimum atomic E-state index is -0.0932. The molecule has 0 aromatic carbocycles. The summed E-state index contributed by atoms with van der Waals surface area (Å²) in [4.78, 5) is 28.6. The smallest absolute Gasteiger partial charge is 0.253 e. The number of amides is 2. The molecule has 1 aromatic heterocycles. The third-order valence-electron chi connectivity index (χ3n) is 5.17. The highest BCUT2D eigenvalue weighted by atomic mass is 16.2. The number of nitrogens with one attached hydrogen (secondary N) is 2. The SMILES string of the molecule is CCC(CC)CCC(=O)N[C@@H](C)CNC(=O)c1cncc2c1CCC2. The topological polar surface area (TPSA) is 71.1 Å². The summed E-state index contributed by atoms with van der Waals surface area (Å²) in [5.41, 5.74) is 3.01. The van der Waals surface area contributed by atoms with Gasteiger partial charge in [0.15, 0.2) is 0 Å². The average molecular weight is 345 g/mol. The van der Waals surface area contributed by atoms with Gasteiger partial charge < -0.3 is 10.6 Å². The van der Waals surface area contributed by atoms with Gasteiger partial charge in [-0.3, -0.25) is 14.6 Å². The third kappa shape index (κ3) is 5.55. The predicted molar refractivity (Wildman–Crippen MR) is 99.5 cm³/mol. The molecule has 0 aliphatic heterocycles. The fourth-order valence-electron chi connectivity index (χ4n) is 3.46. The van der Waals surface area contributed by atoms with Crippen LogP contribution >= 0.6 is 0 Å². The van der Waals surface area contributed by atoms with Gasteiger partial charge in [0.2, 0.25) is 5.91 Å². The molecule has 0 bridgehead atoms. The second-order valence-corrected chi connectivity index (χ2v) is 7.08. The lowest BCUT2D eigenvalue weighted by atomic mass is 9.97. The Labute approximate surface area is 151 Å². The Morgan fingerprint density at radius 1 is 1.20 bits per heavy atom. The third-order valence-corrected chi connectivity index (χ3v) is 5.17. The number of aryl methyl sites for hydroxylation is 1. The van der Waals surface area contributed by atoms with Gasteiger partial charge in [0.1, 0.15) is 0 Å². The summed E-state index contributed by atoms with van der Waals surface area (Å²) in [5.74, 6) is 0.591. The number of fused-ring (bicyclic) bond motifs is 1. The first kappa shape index (κ1) is 19.4. The van der Waals surface area contributed by atoms with Crippen LogP contribution in [-0.2, 0) is 17.6 Å². The lowest BCUT2D eigenvalue weighted by molar-refractivity contribution is -0.122. The van der Waals surface area contributed by atoms with Crippen LogP contribution in [0.5, 0.6) is 0 Å². The van der Waals surface area contributed by atoms with Gasteiger partial charge in [-0.1, -0.05) is 26.7 Å². The molecule has 1 atom stereocenters. The van der Waals surface area contributed by atoms with Crippen molar-refractivity contribution in [2.75, 3.05) is 6.54 Å². The fraction of sp³-hybridized carbons (Fsp3) is 0.650. The van der Waals surface area contributed by atoms with Crippen LogP contribution in [0.4, 0.5) is 0 Å². The van der Waals surface area contributed by atoms with Gasteiger partial charge in [0.25, 0.3) is 5.91 Å². The second kappa shape index (κ2) is 9.54. The number of carbonyl (C=O) groups excluding carboxylic acids is 2. The van der Waals surface area contributed by atoms with Gasteiger partial charge in [0, 0.05) is 31.4 Å². The van der Waals surface area contributed by atoms with Crippen molar-refractivity contribution in [2.45, 2.75) is 71.8 Å². The molecule has 1 aliphatic rings. The zero-order valence-electron chi connectivity index (χ0n) is 15.7. The van der Waals surface area contributed by atoms with Crippen molar-refractivity contribution in [3.63, 3.8) is 0 Å². The maximum Gasteiger partial charge on any atom is 0.253 e. The molecule has 2 amide bonds. The van der Waals surface area contributed by atoms with Crippen LogP contribution in [0, 0.1) is 5.92 Å². The van der Waals surface area contributed by atoms with Crippen molar-refractivity contribution in [2.24, 2.45) is 5.92 Å². The quantitative estimate of drug-likeness (QED) is 0.723. The van der Waals surface area contributed by atoms with Crippen LogP contribution in [-0.4, -0.2) is 29.4 Å². The highest BCUT2D eigenvalue weighted by molar-refractivity contribution is 5.95. The van der Waals surface area contributed by atoms with Crippen molar-refractivity contribution < 1.29 is 9.59 Å². The predicted octanol–water partition coefficient (Wildman–Crippen LogP) is 3.02. The van der Waals surface area contributed by atoms with E-state index in [0.717, 1.165) is 44.1 Å². The summed E-state index contributed by atoms with van der Waals surface area (Å²) in [7, 11) is 0. The highest BCUT2D eigenvalue weighted by Gasteiger charge is 2.20. The van der Waals surface area contributed by atoms with Crippen LogP contribution in [0.1, 0.15) is 74.4 Å². The van der Waals surface area contributed by atoms with E-state index in [1.165, 1.54) is 5.56 Å². The molecule has 1 aliphatic carbocycles. The van der Waals surface area contributed by atoms with Gasteiger partial charge in [-0.2, -0.15) is 0 Å². The molecular weight excluding hydrogens is 314 g/mol. The first-order chi connectivity index (χ1) is 12.0. The molecule has 2 rings (SSSR count). The first-order valence-electron chi connectivity index (χ1n) is 9.58. The summed E-state index contributed by atoms with van der Waals surface area (Å²) in [6.45, 7) is 6.68. The van der Waals surface area contributed by atoms with Crippen molar-refractivity contribution in [1.82, 2.24) is 15.6 Å². The zero-order chi connectivity index (χ0) is 18.2. The van der Waals surface area contributed by atoms with Crippen LogP contribution < -0.4 is 10.6 Å². The van der Waals surface area contributed by atoms with Crippen molar-refractivity contribution in [3.05, 3.63) is 29.1 Å². The molecular formula is C20H31N3O2. The van der Waals surface area contributed by atoms with E-state index in [1.807, 2.05) is 13.1 Å². The Kier molecular flexibility index (Phi) is 7.41. The number of hydrogen-bond donors (Lipinski definition) is 2. The van der Waals surface area contributed by atoms with E-state index >= 15 is 0 Å². The molecule has 2 N–H and O–H groups in total. The van der Waals surface area contributed by atoms with Gasteiger partial charge in [0.05, 0.1) is 5.56 Å². The molecule has 25 heavy (non-hydrogen) atoms. The lowest BCUT2D eigenvalue weighted by Crippen LogP contribution is -2.42. The highest BCUT2D eigenvalue weighted by Crippen LogP contribution is 2.24. The average Bonchev–Trinajstić information content (AvgIpc) is 3.09. The molecule has 1 heterocycles. The number of hydrogen-bond acceptors (Lipinski definition) is 3. The summed E-state index contributed by atoms with van der Waals surface area (Å²) < 4.78 is 0. The maximum absolute atomic E-state index is 12.4. The molecule has 0 unspecified atom stereocenters. The second-order valence-electron chi connectivity index (χ2n) is 7.08. The monoisotopic (exact) mass is 345 g/mol. The minimum Gasteiger partial charge on any atom is -0.352 e. The minimum absolute atomic E-state index is 0.0657. The molecule has 1 aromatic rings. The van der Waals surface area contributed by atoms with Gasteiger partial charge >= 0.3 is 0 Å². The van der Waals surface area contributed by atoms with E-state index in [2.05, 4.69) is 29.5 Å². The largest absolute Gasteiger partial charge is 0.352 e. The Morgan fingerprint density at radius 3 is 2.68 bits per heavy atom. The van der Waals surface area contributed by atoms with Gasteiger partial charge in [-0.15, -0.1) is 0 Å². The Morgan fingerprint density at radius 2 is 1.96 bits per heavy atom. The molecule has 0 saturated heterocycles. The number of pyridine rings is 1. The normalized spacial score (nSPS) is 14.2. The van der Waals surface area contributed by atoms with Crippen molar-refractivity contribution >= 4 is 11.8 Å².